The lowest BCUT2D eigenvalue weighted by atomic mass is 10.1. The summed E-state index contributed by atoms with van der Waals surface area (Å²) in [5, 5.41) is 9.20. The van der Waals surface area contributed by atoms with E-state index in [-0.39, 0.29) is 0 Å². The van der Waals surface area contributed by atoms with E-state index in [1.165, 1.54) is 0 Å². The number of carbonyl (C=O) groups excluding carboxylic acids is 1. The van der Waals surface area contributed by atoms with E-state index in [4.69, 9.17) is 5.73 Å². The Morgan fingerprint density at radius 1 is 1.40 bits per heavy atom. The van der Waals surface area contributed by atoms with Crippen LogP contribution in [0.25, 0.3) is 11.3 Å². The molecule has 0 spiro atoms. The third-order valence-corrected chi connectivity index (χ3v) is 1.94. The molecule has 2 rings (SSSR count). The monoisotopic (exact) mass is 202 g/mol. The minimum atomic E-state index is -0.572. The van der Waals surface area contributed by atoms with Crippen LogP contribution < -0.4 is 11.1 Å². The number of aromatic amines is 1. The minimum Gasteiger partial charge on any atom is -0.351 e. The van der Waals surface area contributed by atoms with Crippen molar-refractivity contribution < 1.29 is 4.79 Å². The van der Waals surface area contributed by atoms with Crippen LogP contribution in [0.2, 0.25) is 0 Å². The number of nitrogens with two attached hydrogens (primary N) is 1. The number of primary amides is 1. The Morgan fingerprint density at radius 2 is 2.27 bits per heavy atom. The van der Waals surface area contributed by atoms with Crippen LogP contribution in [0, 0.1) is 0 Å². The summed E-state index contributed by atoms with van der Waals surface area (Å²) in [5.74, 6) is 0. The van der Waals surface area contributed by atoms with E-state index < -0.39 is 6.03 Å². The Morgan fingerprint density at radius 3 is 2.93 bits per heavy atom. The Balaban J connectivity index is 2.31. The van der Waals surface area contributed by atoms with Gasteiger partial charge in [0.05, 0.1) is 5.69 Å². The highest BCUT2D eigenvalue weighted by Crippen LogP contribution is 2.19. The fraction of sp³-hybridized carbons (Fsp3) is 0. The number of hydrogen-bond donors (Lipinski definition) is 3. The van der Waals surface area contributed by atoms with E-state index in [0.29, 0.717) is 5.69 Å². The van der Waals surface area contributed by atoms with Crippen molar-refractivity contribution in [3.05, 3.63) is 36.5 Å². The number of amides is 2. The van der Waals surface area contributed by atoms with Gasteiger partial charge in [0.2, 0.25) is 0 Å². The summed E-state index contributed by atoms with van der Waals surface area (Å²) in [6, 6.07) is 8.62. The molecule has 0 radical (unpaired) electrons. The first kappa shape index (κ1) is 9.26. The standard InChI is InChI=1S/C10H10N4O/c11-10(15)13-8-3-1-2-7(6-8)9-4-5-12-14-9/h1-6H,(H,12,14)(H3,11,13,15). The van der Waals surface area contributed by atoms with Gasteiger partial charge in [-0.25, -0.2) is 4.79 Å². The molecule has 5 nitrogen and oxygen atoms in total. The van der Waals surface area contributed by atoms with Crippen molar-refractivity contribution in [2.24, 2.45) is 5.73 Å². The quantitative estimate of drug-likeness (QED) is 0.690. The lowest BCUT2D eigenvalue weighted by molar-refractivity contribution is 0.259. The number of benzene rings is 1. The Hall–Kier alpha value is -2.30. The van der Waals surface area contributed by atoms with Gasteiger partial charge in [-0.05, 0) is 18.2 Å². The molecule has 0 saturated carbocycles. The predicted molar refractivity (Wildman–Crippen MR) is 57.2 cm³/mol. The summed E-state index contributed by atoms with van der Waals surface area (Å²) in [7, 11) is 0. The molecule has 0 aliphatic heterocycles. The molecule has 2 amide bonds. The fourth-order valence-electron chi connectivity index (χ4n) is 1.32. The number of nitrogens with one attached hydrogen (secondary N) is 2. The summed E-state index contributed by atoms with van der Waals surface area (Å²) in [5.41, 5.74) is 7.52. The molecule has 4 N–H and O–H groups in total. The van der Waals surface area contributed by atoms with Gasteiger partial charge in [-0.3, -0.25) is 5.10 Å². The molecule has 0 saturated heterocycles. The molecule has 5 heteroatoms. The van der Waals surface area contributed by atoms with Crippen LogP contribution in [0.5, 0.6) is 0 Å². The Kier molecular flexibility index (Phi) is 2.37. The zero-order chi connectivity index (χ0) is 10.7. The molecule has 15 heavy (non-hydrogen) atoms. The van der Waals surface area contributed by atoms with Crippen molar-refractivity contribution in [3.8, 4) is 11.3 Å². The van der Waals surface area contributed by atoms with Crippen LogP contribution in [0.3, 0.4) is 0 Å². The predicted octanol–water partition coefficient (Wildman–Crippen LogP) is 1.57. The van der Waals surface area contributed by atoms with Gasteiger partial charge in [-0.2, -0.15) is 5.10 Å². The second kappa shape index (κ2) is 3.83. The highest BCUT2D eigenvalue weighted by Gasteiger charge is 2.01. The fourth-order valence-corrected chi connectivity index (χ4v) is 1.32. The molecule has 0 aliphatic carbocycles. The molecular formula is C10H10N4O. The summed E-state index contributed by atoms with van der Waals surface area (Å²) in [4.78, 5) is 10.7. The maximum Gasteiger partial charge on any atom is 0.316 e. The van der Waals surface area contributed by atoms with E-state index in [9.17, 15) is 4.79 Å². The van der Waals surface area contributed by atoms with Crippen molar-refractivity contribution in [1.29, 1.82) is 0 Å². The SMILES string of the molecule is NC(=O)Nc1cccc(-c2ccn[nH]2)c1. The van der Waals surface area contributed by atoms with Crippen LogP contribution in [-0.2, 0) is 0 Å². The third kappa shape index (κ3) is 2.14. The van der Waals surface area contributed by atoms with Gasteiger partial charge >= 0.3 is 6.03 Å². The van der Waals surface area contributed by atoms with Crippen molar-refractivity contribution >= 4 is 11.7 Å². The lowest BCUT2D eigenvalue weighted by Gasteiger charge is -2.03. The zero-order valence-electron chi connectivity index (χ0n) is 7.90. The largest absolute Gasteiger partial charge is 0.351 e. The van der Waals surface area contributed by atoms with Gasteiger partial charge in [-0.15, -0.1) is 0 Å². The number of hydrogen-bond acceptors (Lipinski definition) is 2. The van der Waals surface area contributed by atoms with Crippen molar-refractivity contribution in [1.82, 2.24) is 10.2 Å². The average molecular weight is 202 g/mol. The molecule has 76 valence electrons. The molecule has 1 heterocycles. The molecule has 0 aliphatic rings. The third-order valence-electron chi connectivity index (χ3n) is 1.94. The Bertz CT molecular complexity index is 464. The molecule has 2 aromatic rings. The van der Waals surface area contributed by atoms with Crippen molar-refractivity contribution in [2.75, 3.05) is 5.32 Å². The molecule has 0 bridgehead atoms. The second-order valence-electron chi connectivity index (χ2n) is 3.04. The molecular weight excluding hydrogens is 192 g/mol. The van der Waals surface area contributed by atoms with Crippen LogP contribution in [0.4, 0.5) is 10.5 Å². The summed E-state index contributed by atoms with van der Waals surface area (Å²) >= 11 is 0. The van der Waals surface area contributed by atoms with E-state index in [1.807, 2.05) is 24.3 Å². The summed E-state index contributed by atoms with van der Waals surface area (Å²) in [6.07, 6.45) is 1.67. The molecule has 1 aromatic carbocycles. The van der Waals surface area contributed by atoms with Gasteiger partial charge in [0.15, 0.2) is 0 Å². The first-order valence-corrected chi connectivity index (χ1v) is 4.42. The number of H-pyrrole nitrogens is 1. The highest BCUT2D eigenvalue weighted by molar-refractivity contribution is 5.88. The molecule has 0 unspecified atom stereocenters. The summed E-state index contributed by atoms with van der Waals surface area (Å²) < 4.78 is 0. The number of rotatable bonds is 2. The van der Waals surface area contributed by atoms with E-state index in [1.54, 1.807) is 12.3 Å². The molecule has 1 aromatic heterocycles. The second-order valence-corrected chi connectivity index (χ2v) is 3.04. The maximum absolute atomic E-state index is 10.7. The van der Waals surface area contributed by atoms with Crippen LogP contribution in [0.1, 0.15) is 0 Å². The number of carbonyl (C=O) groups is 1. The van der Waals surface area contributed by atoms with Crippen molar-refractivity contribution in [3.63, 3.8) is 0 Å². The average Bonchev–Trinajstić information content (AvgIpc) is 2.69. The van der Waals surface area contributed by atoms with Crippen LogP contribution >= 0.6 is 0 Å². The zero-order valence-corrected chi connectivity index (χ0v) is 7.90. The number of anilines is 1. The molecule has 0 atom stereocenters. The van der Waals surface area contributed by atoms with Crippen molar-refractivity contribution in [2.45, 2.75) is 0 Å². The van der Waals surface area contributed by atoms with Crippen LogP contribution in [0.15, 0.2) is 36.5 Å². The van der Waals surface area contributed by atoms with Gasteiger partial charge < -0.3 is 11.1 Å². The van der Waals surface area contributed by atoms with E-state index in [0.717, 1.165) is 11.3 Å². The normalized spacial score (nSPS) is 9.87. The van der Waals surface area contributed by atoms with Gasteiger partial charge in [0, 0.05) is 17.4 Å². The van der Waals surface area contributed by atoms with E-state index >= 15 is 0 Å². The number of aromatic nitrogens is 2. The highest BCUT2D eigenvalue weighted by atomic mass is 16.2. The van der Waals surface area contributed by atoms with Gasteiger partial charge in [0.1, 0.15) is 0 Å². The smallest absolute Gasteiger partial charge is 0.316 e. The first-order valence-electron chi connectivity index (χ1n) is 4.42. The van der Waals surface area contributed by atoms with E-state index in [2.05, 4.69) is 15.5 Å². The van der Waals surface area contributed by atoms with Gasteiger partial charge in [-0.1, -0.05) is 12.1 Å². The first-order chi connectivity index (χ1) is 7.25. The summed E-state index contributed by atoms with van der Waals surface area (Å²) in [6.45, 7) is 0. The van der Waals surface area contributed by atoms with Gasteiger partial charge in [0.25, 0.3) is 0 Å². The number of nitrogens with zero attached hydrogens (tertiary/aromatic N) is 1. The lowest BCUT2D eigenvalue weighted by Crippen LogP contribution is -2.19. The van der Waals surface area contributed by atoms with Crippen LogP contribution in [-0.4, -0.2) is 16.2 Å². The molecule has 0 fully saturated rings. The Labute approximate surface area is 86.3 Å². The maximum atomic E-state index is 10.7. The topological polar surface area (TPSA) is 83.8 Å². The number of urea groups is 1. The minimum absolute atomic E-state index is 0.572.